The van der Waals surface area contributed by atoms with E-state index in [0.717, 1.165) is 11.3 Å². The van der Waals surface area contributed by atoms with Gasteiger partial charge < -0.3 is 25.4 Å². The summed E-state index contributed by atoms with van der Waals surface area (Å²) in [6.45, 7) is 3.55. The SMILES string of the molecule is CCOC(=O)C1=C(N)OC(C)=C(C(=O)Nc2ccccc2)[C@@H]1c1ccc(N(C)C)cc1. The fourth-order valence-electron chi connectivity index (χ4n) is 3.50. The quantitative estimate of drug-likeness (QED) is 0.694. The topological polar surface area (TPSA) is 93.9 Å². The molecular weight excluding hydrogens is 394 g/mol. The predicted octanol–water partition coefficient (Wildman–Crippen LogP) is 3.51. The third kappa shape index (κ3) is 4.71. The Hall–Kier alpha value is -3.74. The van der Waals surface area contributed by atoms with Gasteiger partial charge in [0.25, 0.3) is 5.91 Å². The zero-order chi connectivity index (χ0) is 22.5. The summed E-state index contributed by atoms with van der Waals surface area (Å²) in [5.41, 5.74) is 8.88. The molecule has 2 aromatic carbocycles. The van der Waals surface area contributed by atoms with E-state index < -0.39 is 11.9 Å². The summed E-state index contributed by atoms with van der Waals surface area (Å²) in [4.78, 5) is 28.1. The molecule has 3 N–H and O–H groups in total. The van der Waals surface area contributed by atoms with Gasteiger partial charge >= 0.3 is 5.97 Å². The molecular formula is C24H27N3O4. The molecule has 0 aromatic heterocycles. The lowest BCUT2D eigenvalue weighted by Gasteiger charge is -2.29. The van der Waals surface area contributed by atoms with Gasteiger partial charge in [0.2, 0.25) is 5.88 Å². The Bertz CT molecular complexity index is 1020. The Morgan fingerprint density at radius 2 is 1.71 bits per heavy atom. The second kappa shape index (κ2) is 9.38. The van der Waals surface area contributed by atoms with Crippen molar-refractivity contribution >= 4 is 23.3 Å². The first kappa shape index (κ1) is 22.0. The maximum Gasteiger partial charge on any atom is 0.340 e. The Morgan fingerprint density at radius 3 is 2.29 bits per heavy atom. The lowest BCUT2D eigenvalue weighted by Crippen LogP contribution is -2.31. The molecule has 0 aliphatic carbocycles. The molecule has 1 aliphatic rings. The third-order valence-corrected chi connectivity index (χ3v) is 5.00. The number of nitrogens with zero attached hydrogens (tertiary/aromatic N) is 1. The molecule has 1 heterocycles. The minimum absolute atomic E-state index is 0.0612. The number of rotatable bonds is 6. The first-order valence-electron chi connectivity index (χ1n) is 10.0. The van der Waals surface area contributed by atoms with Crippen LogP contribution in [0.15, 0.2) is 77.4 Å². The number of allylic oxidation sites excluding steroid dienone is 1. The number of ether oxygens (including phenoxy) is 2. The molecule has 2 aromatic rings. The van der Waals surface area contributed by atoms with Crippen LogP contribution in [-0.4, -0.2) is 32.6 Å². The lowest BCUT2D eigenvalue weighted by molar-refractivity contribution is -0.139. The summed E-state index contributed by atoms with van der Waals surface area (Å²) in [6.07, 6.45) is 0. The Kier molecular flexibility index (Phi) is 6.65. The second-order valence-electron chi connectivity index (χ2n) is 7.31. The van der Waals surface area contributed by atoms with Crippen molar-refractivity contribution < 1.29 is 19.1 Å². The number of benzene rings is 2. The van der Waals surface area contributed by atoms with Crippen molar-refractivity contribution in [3.63, 3.8) is 0 Å². The van der Waals surface area contributed by atoms with Gasteiger partial charge in [-0.3, -0.25) is 4.79 Å². The molecule has 0 unspecified atom stereocenters. The minimum atomic E-state index is -0.729. The molecule has 7 nitrogen and oxygen atoms in total. The molecule has 0 spiro atoms. The van der Waals surface area contributed by atoms with Gasteiger partial charge in [-0.2, -0.15) is 0 Å². The van der Waals surface area contributed by atoms with Gasteiger partial charge in [-0.1, -0.05) is 30.3 Å². The molecule has 31 heavy (non-hydrogen) atoms. The fourth-order valence-corrected chi connectivity index (χ4v) is 3.50. The largest absolute Gasteiger partial charge is 0.462 e. The summed E-state index contributed by atoms with van der Waals surface area (Å²) in [7, 11) is 3.88. The highest BCUT2D eigenvalue weighted by atomic mass is 16.5. The summed E-state index contributed by atoms with van der Waals surface area (Å²) >= 11 is 0. The number of hydrogen-bond acceptors (Lipinski definition) is 6. The van der Waals surface area contributed by atoms with Crippen LogP contribution in [-0.2, 0) is 19.1 Å². The molecule has 0 saturated carbocycles. The van der Waals surface area contributed by atoms with E-state index in [1.165, 1.54) is 0 Å². The molecule has 0 saturated heterocycles. The Morgan fingerprint density at radius 1 is 1.06 bits per heavy atom. The van der Waals surface area contributed by atoms with Gasteiger partial charge in [-0.15, -0.1) is 0 Å². The van der Waals surface area contributed by atoms with E-state index in [2.05, 4.69) is 5.32 Å². The maximum absolute atomic E-state index is 13.3. The van der Waals surface area contributed by atoms with Crippen LogP contribution in [0.2, 0.25) is 0 Å². The smallest absolute Gasteiger partial charge is 0.340 e. The van der Waals surface area contributed by atoms with Gasteiger partial charge in [0.15, 0.2) is 0 Å². The minimum Gasteiger partial charge on any atom is -0.462 e. The van der Waals surface area contributed by atoms with E-state index >= 15 is 0 Å². The molecule has 0 bridgehead atoms. The van der Waals surface area contributed by atoms with Gasteiger partial charge in [0.05, 0.1) is 18.1 Å². The number of nitrogens with two attached hydrogens (primary N) is 1. The highest BCUT2D eigenvalue weighted by Gasteiger charge is 2.39. The van der Waals surface area contributed by atoms with E-state index in [1.54, 1.807) is 26.0 Å². The van der Waals surface area contributed by atoms with E-state index in [-0.39, 0.29) is 24.0 Å². The van der Waals surface area contributed by atoms with Crippen molar-refractivity contribution in [2.75, 3.05) is 30.9 Å². The van der Waals surface area contributed by atoms with Crippen LogP contribution in [0, 0.1) is 0 Å². The Labute approximate surface area is 182 Å². The zero-order valence-corrected chi connectivity index (χ0v) is 18.1. The van der Waals surface area contributed by atoms with Crippen molar-refractivity contribution in [2.24, 2.45) is 5.73 Å². The van der Waals surface area contributed by atoms with Crippen LogP contribution in [0.4, 0.5) is 11.4 Å². The highest BCUT2D eigenvalue weighted by molar-refractivity contribution is 6.08. The fraction of sp³-hybridized carbons (Fsp3) is 0.250. The number of carbonyl (C=O) groups excluding carboxylic acids is 2. The van der Waals surface area contributed by atoms with Gasteiger partial charge in [0.1, 0.15) is 11.3 Å². The number of esters is 1. The standard InChI is InChI=1S/C24H27N3O4/c1-5-30-24(29)21-20(16-11-13-18(14-12-16)27(3)4)19(15(2)31-22(21)25)23(28)26-17-9-7-6-8-10-17/h6-14,20H,5,25H2,1-4H3,(H,26,28)/t20-/m0/s1. The van der Waals surface area contributed by atoms with Gasteiger partial charge in [-0.25, -0.2) is 4.79 Å². The van der Waals surface area contributed by atoms with Crippen LogP contribution >= 0.6 is 0 Å². The molecule has 0 radical (unpaired) electrons. The third-order valence-electron chi connectivity index (χ3n) is 5.00. The second-order valence-corrected chi connectivity index (χ2v) is 7.31. The van der Waals surface area contributed by atoms with E-state index in [9.17, 15) is 9.59 Å². The maximum atomic E-state index is 13.3. The molecule has 1 atom stereocenters. The normalized spacial score (nSPS) is 15.9. The van der Waals surface area contributed by atoms with Crippen molar-refractivity contribution in [1.29, 1.82) is 0 Å². The van der Waals surface area contributed by atoms with Gasteiger partial charge in [0, 0.05) is 25.5 Å². The molecule has 162 valence electrons. The van der Waals surface area contributed by atoms with Crippen molar-refractivity contribution in [2.45, 2.75) is 19.8 Å². The molecule has 1 amide bonds. The van der Waals surface area contributed by atoms with E-state index in [4.69, 9.17) is 15.2 Å². The molecule has 1 aliphatic heterocycles. The first-order valence-corrected chi connectivity index (χ1v) is 10.0. The summed E-state index contributed by atoms with van der Waals surface area (Å²) in [5.74, 6) is -1.44. The highest BCUT2D eigenvalue weighted by Crippen LogP contribution is 2.40. The lowest BCUT2D eigenvalue weighted by atomic mass is 9.82. The number of amides is 1. The first-order chi connectivity index (χ1) is 14.8. The molecule has 3 rings (SSSR count). The van der Waals surface area contributed by atoms with Crippen molar-refractivity contribution in [3.05, 3.63) is 82.9 Å². The zero-order valence-electron chi connectivity index (χ0n) is 18.1. The van der Waals surface area contributed by atoms with Crippen LogP contribution in [0.3, 0.4) is 0 Å². The molecule has 7 heteroatoms. The van der Waals surface area contributed by atoms with E-state index in [1.807, 2.05) is 61.5 Å². The van der Waals surface area contributed by atoms with Crippen LogP contribution < -0.4 is 16.0 Å². The predicted molar refractivity (Wildman–Crippen MR) is 120 cm³/mol. The van der Waals surface area contributed by atoms with Crippen LogP contribution in [0.25, 0.3) is 0 Å². The van der Waals surface area contributed by atoms with Crippen LogP contribution in [0.5, 0.6) is 0 Å². The number of nitrogens with one attached hydrogen (secondary N) is 1. The number of carbonyl (C=O) groups is 2. The number of para-hydroxylation sites is 1. The monoisotopic (exact) mass is 421 g/mol. The van der Waals surface area contributed by atoms with Gasteiger partial charge in [-0.05, 0) is 43.7 Å². The molecule has 0 fully saturated rings. The van der Waals surface area contributed by atoms with Crippen LogP contribution in [0.1, 0.15) is 25.3 Å². The average Bonchev–Trinajstić information content (AvgIpc) is 2.74. The Balaban J connectivity index is 2.08. The van der Waals surface area contributed by atoms with Crippen molar-refractivity contribution in [3.8, 4) is 0 Å². The summed E-state index contributed by atoms with van der Waals surface area (Å²) in [5, 5.41) is 2.88. The number of anilines is 2. The average molecular weight is 421 g/mol. The van der Waals surface area contributed by atoms with E-state index in [0.29, 0.717) is 17.0 Å². The van der Waals surface area contributed by atoms with Crippen molar-refractivity contribution in [1.82, 2.24) is 0 Å². The summed E-state index contributed by atoms with van der Waals surface area (Å²) in [6, 6.07) is 16.7. The number of hydrogen-bond donors (Lipinski definition) is 2. The summed E-state index contributed by atoms with van der Waals surface area (Å²) < 4.78 is 10.8.